The Kier molecular flexibility index (Phi) is 4.89. The van der Waals surface area contributed by atoms with Crippen LogP contribution in [-0.4, -0.2) is 32.3 Å². The third-order valence-electron chi connectivity index (χ3n) is 3.98. The van der Waals surface area contributed by atoms with Gasteiger partial charge in [-0.2, -0.15) is 0 Å². The quantitative estimate of drug-likeness (QED) is 0.860. The zero-order valence-electron chi connectivity index (χ0n) is 14.0. The van der Waals surface area contributed by atoms with E-state index in [0.717, 1.165) is 42.3 Å². The van der Waals surface area contributed by atoms with E-state index in [0.29, 0.717) is 11.6 Å². The van der Waals surface area contributed by atoms with E-state index in [4.69, 9.17) is 0 Å². The zero-order valence-corrected chi connectivity index (χ0v) is 14.8. The van der Waals surface area contributed by atoms with Gasteiger partial charge in [-0.3, -0.25) is 4.79 Å². The number of anilines is 2. The van der Waals surface area contributed by atoms with Crippen molar-refractivity contribution in [3.8, 4) is 0 Å². The van der Waals surface area contributed by atoms with Gasteiger partial charge in [0.1, 0.15) is 5.82 Å². The highest BCUT2D eigenvalue weighted by Crippen LogP contribution is 2.30. The first-order valence-electron chi connectivity index (χ1n) is 8.04. The van der Waals surface area contributed by atoms with Gasteiger partial charge in [-0.05, 0) is 39.2 Å². The van der Waals surface area contributed by atoms with Gasteiger partial charge in [0.05, 0.1) is 11.7 Å². The molecule has 0 saturated carbocycles. The predicted molar refractivity (Wildman–Crippen MR) is 95.4 cm³/mol. The minimum absolute atomic E-state index is 0.0603. The van der Waals surface area contributed by atoms with Crippen LogP contribution in [0.15, 0.2) is 24.1 Å². The zero-order chi connectivity index (χ0) is 17.1. The largest absolute Gasteiger partial charge is 0.329 e. The number of nitrogens with zero attached hydrogens (tertiary/aromatic N) is 4. The molecule has 1 fully saturated rings. The van der Waals surface area contributed by atoms with Crippen LogP contribution in [0.25, 0.3) is 0 Å². The van der Waals surface area contributed by atoms with Crippen molar-refractivity contribution in [1.29, 1.82) is 0 Å². The average molecular weight is 343 g/mol. The second-order valence-corrected chi connectivity index (χ2v) is 6.78. The van der Waals surface area contributed by atoms with Crippen molar-refractivity contribution in [1.82, 2.24) is 19.9 Å². The van der Waals surface area contributed by atoms with Gasteiger partial charge in [-0.25, -0.2) is 15.0 Å². The lowest BCUT2D eigenvalue weighted by Crippen LogP contribution is -2.38. The molecule has 1 amide bonds. The van der Waals surface area contributed by atoms with E-state index in [-0.39, 0.29) is 11.9 Å². The minimum atomic E-state index is -0.0947. The fourth-order valence-electron chi connectivity index (χ4n) is 2.91. The summed E-state index contributed by atoms with van der Waals surface area (Å²) in [7, 11) is 0. The molecule has 2 aromatic rings. The number of piperidine rings is 1. The molecule has 0 aliphatic carbocycles. The lowest BCUT2D eigenvalue weighted by Gasteiger charge is -2.34. The number of rotatable bonds is 4. The summed E-state index contributed by atoms with van der Waals surface area (Å²) in [6.45, 7) is 8.22. The molecule has 2 aromatic heterocycles. The lowest BCUT2D eigenvalue weighted by molar-refractivity contribution is -0.129. The number of aromatic nitrogens is 3. The summed E-state index contributed by atoms with van der Waals surface area (Å²) in [6.07, 6.45) is 4.31. The van der Waals surface area contributed by atoms with Crippen LogP contribution in [0.2, 0.25) is 0 Å². The van der Waals surface area contributed by atoms with Crippen molar-refractivity contribution < 1.29 is 4.79 Å². The summed E-state index contributed by atoms with van der Waals surface area (Å²) in [4.78, 5) is 27.6. The number of hydrogen-bond donors (Lipinski definition) is 1. The van der Waals surface area contributed by atoms with Crippen LogP contribution in [0.4, 0.5) is 10.9 Å². The maximum Gasteiger partial charge on any atom is 0.246 e. The molecule has 1 saturated heterocycles. The number of aryl methyl sites for hydroxylation is 2. The van der Waals surface area contributed by atoms with Crippen LogP contribution in [0.1, 0.15) is 42.5 Å². The average Bonchev–Trinajstić information content (AvgIpc) is 2.98. The molecule has 0 aromatic carbocycles. The van der Waals surface area contributed by atoms with Crippen LogP contribution in [0.3, 0.4) is 0 Å². The van der Waals surface area contributed by atoms with E-state index in [9.17, 15) is 4.79 Å². The molecule has 126 valence electrons. The summed E-state index contributed by atoms with van der Waals surface area (Å²) < 4.78 is 0. The van der Waals surface area contributed by atoms with Crippen molar-refractivity contribution in [2.45, 2.75) is 39.2 Å². The van der Waals surface area contributed by atoms with E-state index in [1.165, 1.54) is 6.08 Å². The van der Waals surface area contributed by atoms with Crippen molar-refractivity contribution in [3.05, 3.63) is 41.3 Å². The molecule has 3 heterocycles. The summed E-state index contributed by atoms with van der Waals surface area (Å²) in [6, 6.07) is 1.80. The molecule has 0 bridgehead atoms. The Bertz CT molecular complexity index is 757. The highest BCUT2D eigenvalue weighted by Gasteiger charge is 2.29. The number of likely N-dealkylation sites (tertiary alicyclic amines) is 1. The summed E-state index contributed by atoms with van der Waals surface area (Å²) in [5.74, 6) is 1.33. The van der Waals surface area contributed by atoms with Crippen LogP contribution >= 0.6 is 11.3 Å². The summed E-state index contributed by atoms with van der Waals surface area (Å²) in [5.41, 5.74) is 1.84. The molecule has 6 nitrogen and oxygen atoms in total. The van der Waals surface area contributed by atoms with Gasteiger partial charge in [0, 0.05) is 23.7 Å². The van der Waals surface area contributed by atoms with E-state index < -0.39 is 0 Å². The number of hydrogen-bond acceptors (Lipinski definition) is 6. The molecular weight excluding hydrogens is 322 g/mol. The minimum Gasteiger partial charge on any atom is -0.329 e. The Balaban J connectivity index is 1.89. The van der Waals surface area contributed by atoms with Gasteiger partial charge in [0.2, 0.25) is 5.91 Å². The molecule has 1 aliphatic rings. The Hall–Kier alpha value is -2.28. The molecule has 0 unspecified atom stereocenters. The second kappa shape index (κ2) is 7.09. The number of nitrogens with one attached hydrogen (secondary N) is 1. The molecule has 3 rings (SSSR count). The van der Waals surface area contributed by atoms with Gasteiger partial charge < -0.3 is 10.2 Å². The van der Waals surface area contributed by atoms with Crippen LogP contribution < -0.4 is 5.32 Å². The first-order valence-corrected chi connectivity index (χ1v) is 8.92. The van der Waals surface area contributed by atoms with Crippen LogP contribution in [0, 0.1) is 13.8 Å². The standard InChI is InChI=1S/C17H21N5OS/c1-4-15(23)22-8-6-5-7-13(22)16-18-11(2)9-14(20-16)21-17-19-12(3)10-24-17/h4,9-10,13H,1,5-8H2,2-3H3,(H,18,19,20,21)/t13-/m0/s1. The van der Waals surface area contributed by atoms with Crippen molar-refractivity contribution in [2.75, 3.05) is 11.9 Å². The molecule has 1 N–H and O–H groups in total. The summed E-state index contributed by atoms with van der Waals surface area (Å²) in [5, 5.41) is 6.03. The molecule has 0 radical (unpaired) electrons. The van der Waals surface area contributed by atoms with Gasteiger partial charge in [0.25, 0.3) is 0 Å². The number of carbonyl (C=O) groups excluding carboxylic acids is 1. The lowest BCUT2D eigenvalue weighted by atomic mass is 10.0. The van der Waals surface area contributed by atoms with Gasteiger partial charge in [-0.1, -0.05) is 6.58 Å². The number of amides is 1. The van der Waals surface area contributed by atoms with Crippen molar-refractivity contribution in [2.24, 2.45) is 0 Å². The van der Waals surface area contributed by atoms with E-state index in [1.54, 1.807) is 11.3 Å². The predicted octanol–water partition coefficient (Wildman–Crippen LogP) is 3.53. The Morgan fingerprint density at radius 3 is 2.88 bits per heavy atom. The monoisotopic (exact) mass is 343 g/mol. The van der Waals surface area contributed by atoms with Gasteiger partial charge in [0.15, 0.2) is 11.0 Å². The van der Waals surface area contributed by atoms with Crippen LogP contribution in [-0.2, 0) is 4.79 Å². The molecular formula is C17H21N5OS. The van der Waals surface area contributed by atoms with Crippen molar-refractivity contribution >= 4 is 28.2 Å². The van der Waals surface area contributed by atoms with Gasteiger partial charge >= 0.3 is 0 Å². The summed E-state index contributed by atoms with van der Waals surface area (Å²) >= 11 is 1.54. The smallest absolute Gasteiger partial charge is 0.246 e. The second-order valence-electron chi connectivity index (χ2n) is 5.92. The molecule has 0 spiro atoms. The first-order chi connectivity index (χ1) is 11.6. The van der Waals surface area contributed by atoms with Gasteiger partial charge in [-0.15, -0.1) is 11.3 Å². The maximum absolute atomic E-state index is 12.1. The Labute approximate surface area is 145 Å². The third kappa shape index (κ3) is 3.62. The highest BCUT2D eigenvalue weighted by molar-refractivity contribution is 7.13. The Morgan fingerprint density at radius 2 is 2.17 bits per heavy atom. The molecule has 1 atom stereocenters. The highest BCUT2D eigenvalue weighted by atomic mass is 32.1. The first kappa shape index (κ1) is 16.6. The van der Waals surface area contributed by atoms with E-state index in [1.807, 2.05) is 30.2 Å². The topological polar surface area (TPSA) is 71.0 Å². The fourth-order valence-corrected chi connectivity index (χ4v) is 3.60. The molecule has 7 heteroatoms. The fraction of sp³-hybridized carbons (Fsp3) is 0.412. The Morgan fingerprint density at radius 1 is 1.33 bits per heavy atom. The van der Waals surface area contributed by atoms with Crippen LogP contribution in [0.5, 0.6) is 0 Å². The third-order valence-corrected chi connectivity index (χ3v) is 4.86. The van der Waals surface area contributed by atoms with Crippen molar-refractivity contribution in [3.63, 3.8) is 0 Å². The maximum atomic E-state index is 12.1. The SMILES string of the molecule is C=CC(=O)N1CCCC[C@H]1c1nc(C)cc(Nc2nc(C)cs2)n1. The number of carbonyl (C=O) groups is 1. The van der Waals surface area contributed by atoms with E-state index >= 15 is 0 Å². The normalized spacial score (nSPS) is 17.6. The molecule has 1 aliphatic heterocycles. The van der Waals surface area contributed by atoms with E-state index in [2.05, 4.69) is 26.8 Å². The number of thiazole rings is 1. The molecule has 24 heavy (non-hydrogen) atoms.